The van der Waals surface area contributed by atoms with Gasteiger partial charge in [0.2, 0.25) is 0 Å². The van der Waals surface area contributed by atoms with Crippen molar-refractivity contribution in [1.29, 1.82) is 0 Å². The summed E-state index contributed by atoms with van der Waals surface area (Å²) in [6, 6.07) is 0.450. The van der Waals surface area contributed by atoms with Crippen LogP contribution in [0.3, 0.4) is 0 Å². The number of nitrogens with two attached hydrogens (primary N) is 2. The van der Waals surface area contributed by atoms with Crippen LogP contribution in [0.2, 0.25) is 0 Å². The molecular formula is C13H30N2. The molecule has 0 rings (SSSR count). The Hall–Kier alpha value is -0.0800. The molecule has 0 amide bonds. The number of rotatable bonds is 11. The van der Waals surface area contributed by atoms with Crippen LogP contribution in [0.25, 0.3) is 0 Å². The van der Waals surface area contributed by atoms with Crippen molar-refractivity contribution in [3.05, 3.63) is 0 Å². The van der Waals surface area contributed by atoms with Crippen LogP contribution in [-0.4, -0.2) is 12.6 Å². The van der Waals surface area contributed by atoms with Crippen molar-refractivity contribution in [2.24, 2.45) is 11.5 Å². The maximum Gasteiger partial charge on any atom is 0.00388 e. The second-order valence-corrected chi connectivity index (χ2v) is 4.60. The van der Waals surface area contributed by atoms with E-state index in [1.54, 1.807) is 0 Å². The minimum atomic E-state index is 0.450. The Morgan fingerprint density at radius 3 is 1.93 bits per heavy atom. The monoisotopic (exact) mass is 214 g/mol. The molecule has 0 aliphatic rings. The lowest BCUT2D eigenvalue weighted by Gasteiger charge is -2.10. The van der Waals surface area contributed by atoms with Crippen molar-refractivity contribution in [3.8, 4) is 0 Å². The summed E-state index contributed by atoms with van der Waals surface area (Å²) in [4.78, 5) is 0. The molecule has 92 valence electrons. The zero-order valence-corrected chi connectivity index (χ0v) is 10.5. The van der Waals surface area contributed by atoms with Crippen LogP contribution in [0.4, 0.5) is 0 Å². The molecular weight excluding hydrogens is 184 g/mol. The molecule has 0 aliphatic heterocycles. The molecule has 0 aromatic rings. The van der Waals surface area contributed by atoms with Crippen LogP contribution in [0.1, 0.15) is 71.1 Å². The molecule has 15 heavy (non-hydrogen) atoms. The van der Waals surface area contributed by atoms with Crippen LogP contribution < -0.4 is 11.5 Å². The lowest BCUT2D eigenvalue weighted by atomic mass is 10.0. The highest BCUT2D eigenvalue weighted by Crippen LogP contribution is 2.10. The molecule has 0 fully saturated rings. The number of unbranched alkanes of at least 4 members (excludes halogenated alkanes) is 6. The van der Waals surface area contributed by atoms with E-state index >= 15 is 0 Å². The Morgan fingerprint density at radius 2 is 1.33 bits per heavy atom. The van der Waals surface area contributed by atoms with Crippen molar-refractivity contribution < 1.29 is 0 Å². The van der Waals surface area contributed by atoms with E-state index in [0.717, 1.165) is 6.54 Å². The summed E-state index contributed by atoms with van der Waals surface area (Å²) in [7, 11) is 0. The van der Waals surface area contributed by atoms with E-state index in [1.807, 2.05) is 0 Å². The van der Waals surface area contributed by atoms with Crippen LogP contribution in [0.15, 0.2) is 0 Å². The second-order valence-electron chi connectivity index (χ2n) is 4.60. The van der Waals surface area contributed by atoms with Gasteiger partial charge in [-0.15, -0.1) is 0 Å². The highest BCUT2D eigenvalue weighted by molar-refractivity contribution is 4.61. The molecule has 0 spiro atoms. The van der Waals surface area contributed by atoms with Crippen molar-refractivity contribution >= 4 is 0 Å². The van der Waals surface area contributed by atoms with Crippen LogP contribution in [0, 0.1) is 0 Å². The number of hydrogen-bond donors (Lipinski definition) is 2. The van der Waals surface area contributed by atoms with Crippen LogP contribution >= 0.6 is 0 Å². The van der Waals surface area contributed by atoms with Gasteiger partial charge in [0.1, 0.15) is 0 Å². The van der Waals surface area contributed by atoms with Crippen LogP contribution in [-0.2, 0) is 0 Å². The van der Waals surface area contributed by atoms with E-state index in [4.69, 9.17) is 11.5 Å². The largest absolute Gasteiger partial charge is 0.330 e. The average molecular weight is 214 g/mol. The third-order valence-corrected chi connectivity index (χ3v) is 2.96. The van der Waals surface area contributed by atoms with E-state index in [1.165, 1.54) is 64.2 Å². The predicted molar refractivity (Wildman–Crippen MR) is 68.9 cm³/mol. The molecule has 0 aliphatic carbocycles. The first-order valence-corrected chi connectivity index (χ1v) is 6.77. The normalized spacial score (nSPS) is 13.0. The van der Waals surface area contributed by atoms with Crippen molar-refractivity contribution in [3.63, 3.8) is 0 Å². The maximum absolute atomic E-state index is 6.04. The minimum Gasteiger partial charge on any atom is -0.330 e. The Labute approximate surface area is 95.8 Å². The van der Waals surface area contributed by atoms with E-state index in [2.05, 4.69) is 6.92 Å². The molecule has 0 saturated carbocycles. The topological polar surface area (TPSA) is 52.0 Å². The van der Waals surface area contributed by atoms with Gasteiger partial charge in [0.05, 0.1) is 0 Å². The van der Waals surface area contributed by atoms with Gasteiger partial charge in [-0.3, -0.25) is 0 Å². The van der Waals surface area contributed by atoms with Gasteiger partial charge in [0.15, 0.2) is 0 Å². The van der Waals surface area contributed by atoms with Gasteiger partial charge in [-0.25, -0.2) is 0 Å². The standard InChI is InChI=1S/C13H30N2/c1-2-3-7-10-13(15)11-8-5-4-6-9-12-14/h13H,2-12,14-15H2,1H3. The lowest BCUT2D eigenvalue weighted by Crippen LogP contribution is -2.19. The number of hydrogen-bond acceptors (Lipinski definition) is 2. The Morgan fingerprint density at radius 1 is 0.800 bits per heavy atom. The molecule has 0 aromatic carbocycles. The Kier molecular flexibility index (Phi) is 11.9. The fraction of sp³-hybridized carbons (Fsp3) is 1.00. The van der Waals surface area contributed by atoms with Gasteiger partial charge in [-0.05, 0) is 25.8 Å². The van der Waals surface area contributed by atoms with Gasteiger partial charge in [-0.2, -0.15) is 0 Å². The molecule has 2 nitrogen and oxygen atoms in total. The molecule has 0 heterocycles. The quantitative estimate of drug-likeness (QED) is 0.519. The summed E-state index contributed by atoms with van der Waals surface area (Å²) in [5.74, 6) is 0. The highest BCUT2D eigenvalue weighted by Gasteiger charge is 2.01. The smallest absolute Gasteiger partial charge is 0.00388 e. The summed E-state index contributed by atoms with van der Waals surface area (Å²) < 4.78 is 0. The van der Waals surface area contributed by atoms with Crippen molar-refractivity contribution in [2.45, 2.75) is 77.2 Å². The SMILES string of the molecule is CCCCCC(N)CCCCCCCN. The molecule has 1 unspecified atom stereocenters. The third kappa shape index (κ3) is 11.8. The first kappa shape index (κ1) is 14.9. The molecule has 4 N–H and O–H groups in total. The zero-order chi connectivity index (χ0) is 11.4. The third-order valence-electron chi connectivity index (χ3n) is 2.96. The van der Waals surface area contributed by atoms with Gasteiger partial charge in [0, 0.05) is 6.04 Å². The van der Waals surface area contributed by atoms with E-state index in [9.17, 15) is 0 Å². The molecule has 0 aromatic heterocycles. The first-order chi connectivity index (χ1) is 7.31. The highest BCUT2D eigenvalue weighted by atomic mass is 14.6. The summed E-state index contributed by atoms with van der Waals surface area (Å²) in [6.45, 7) is 3.08. The molecule has 0 radical (unpaired) electrons. The molecule has 0 saturated heterocycles. The molecule has 0 bridgehead atoms. The maximum atomic E-state index is 6.04. The van der Waals surface area contributed by atoms with Gasteiger partial charge in [-0.1, -0.05) is 51.9 Å². The predicted octanol–water partition coefficient (Wildman–Crippen LogP) is 3.19. The summed E-state index contributed by atoms with van der Waals surface area (Å²) >= 11 is 0. The molecule has 2 heteroatoms. The van der Waals surface area contributed by atoms with Crippen LogP contribution in [0.5, 0.6) is 0 Å². The summed E-state index contributed by atoms with van der Waals surface area (Å²) in [5, 5.41) is 0. The fourth-order valence-corrected chi connectivity index (χ4v) is 1.88. The van der Waals surface area contributed by atoms with Crippen molar-refractivity contribution in [1.82, 2.24) is 0 Å². The van der Waals surface area contributed by atoms with Gasteiger partial charge < -0.3 is 11.5 Å². The zero-order valence-electron chi connectivity index (χ0n) is 10.5. The van der Waals surface area contributed by atoms with Gasteiger partial charge in [0.25, 0.3) is 0 Å². The Bertz CT molecular complexity index is 115. The summed E-state index contributed by atoms with van der Waals surface area (Å²) in [5.41, 5.74) is 11.5. The van der Waals surface area contributed by atoms with Gasteiger partial charge >= 0.3 is 0 Å². The van der Waals surface area contributed by atoms with E-state index in [0.29, 0.717) is 6.04 Å². The minimum absolute atomic E-state index is 0.450. The second kappa shape index (κ2) is 12.0. The average Bonchev–Trinajstić information content (AvgIpc) is 2.23. The van der Waals surface area contributed by atoms with Crippen molar-refractivity contribution in [2.75, 3.05) is 6.54 Å². The summed E-state index contributed by atoms with van der Waals surface area (Å²) in [6.07, 6.45) is 12.8. The Balaban J connectivity index is 3.06. The lowest BCUT2D eigenvalue weighted by molar-refractivity contribution is 0.493. The van der Waals surface area contributed by atoms with E-state index in [-0.39, 0.29) is 0 Å². The fourth-order valence-electron chi connectivity index (χ4n) is 1.88. The van der Waals surface area contributed by atoms with E-state index < -0.39 is 0 Å². The molecule has 1 atom stereocenters. The first-order valence-electron chi connectivity index (χ1n) is 6.77.